The highest BCUT2D eigenvalue weighted by Crippen LogP contribution is 2.26. The Balaban J connectivity index is 1.66. The molecule has 0 bridgehead atoms. The van der Waals surface area contributed by atoms with Gasteiger partial charge >= 0.3 is 0 Å². The zero-order valence-electron chi connectivity index (χ0n) is 12.6. The lowest BCUT2D eigenvalue weighted by atomic mass is 10.2. The molecule has 2 aromatic carbocycles. The summed E-state index contributed by atoms with van der Waals surface area (Å²) in [6, 6.07) is 19.2. The third kappa shape index (κ3) is 3.56. The number of anilines is 1. The van der Waals surface area contributed by atoms with Crippen LogP contribution in [0.3, 0.4) is 0 Å². The van der Waals surface area contributed by atoms with Gasteiger partial charge in [-0.2, -0.15) is 0 Å². The normalized spacial score (nSPS) is 22.2. The fourth-order valence-electron chi connectivity index (χ4n) is 2.81. The second kappa shape index (κ2) is 6.19. The molecule has 3 rings (SSSR count). The Labute approximate surface area is 126 Å². The van der Waals surface area contributed by atoms with Gasteiger partial charge in [0, 0.05) is 30.4 Å². The van der Waals surface area contributed by atoms with Crippen LogP contribution in [-0.4, -0.2) is 30.6 Å². The topological polar surface area (TPSA) is 24.5 Å². The Morgan fingerprint density at radius 2 is 1.81 bits per heavy atom. The highest BCUT2D eigenvalue weighted by atomic mass is 16.5. The molecule has 1 aliphatic rings. The molecule has 2 aromatic rings. The van der Waals surface area contributed by atoms with Crippen molar-refractivity contribution in [1.29, 1.82) is 0 Å². The lowest BCUT2D eigenvalue weighted by molar-refractivity contribution is 0.330. The average molecular weight is 282 g/mol. The van der Waals surface area contributed by atoms with E-state index >= 15 is 0 Å². The van der Waals surface area contributed by atoms with E-state index in [1.165, 1.54) is 6.42 Å². The van der Waals surface area contributed by atoms with E-state index in [0.29, 0.717) is 12.1 Å². The van der Waals surface area contributed by atoms with Gasteiger partial charge in [-0.3, -0.25) is 0 Å². The second-order valence-electron chi connectivity index (χ2n) is 5.81. The summed E-state index contributed by atoms with van der Waals surface area (Å²) in [6.45, 7) is 3.36. The molecule has 21 heavy (non-hydrogen) atoms. The predicted molar refractivity (Wildman–Crippen MR) is 87.1 cm³/mol. The van der Waals surface area contributed by atoms with E-state index in [9.17, 15) is 0 Å². The number of rotatable bonds is 4. The number of para-hydroxylation sites is 1. The van der Waals surface area contributed by atoms with Crippen LogP contribution in [0, 0.1) is 0 Å². The summed E-state index contributed by atoms with van der Waals surface area (Å²) in [4.78, 5) is 2.39. The van der Waals surface area contributed by atoms with E-state index in [2.05, 4.69) is 36.3 Å². The van der Waals surface area contributed by atoms with Gasteiger partial charge in [0.25, 0.3) is 0 Å². The van der Waals surface area contributed by atoms with Crippen LogP contribution in [0.15, 0.2) is 54.6 Å². The Morgan fingerprint density at radius 3 is 2.52 bits per heavy atom. The van der Waals surface area contributed by atoms with E-state index < -0.39 is 0 Å². The van der Waals surface area contributed by atoms with E-state index in [1.54, 1.807) is 0 Å². The van der Waals surface area contributed by atoms with Crippen molar-refractivity contribution in [2.75, 3.05) is 18.9 Å². The molecule has 0 radical (unpaired) electrons. The largest absolute Gasteiger partial charge is 0.457 e. The van der Waals surface area contributed by atoms with Crippen molar-refractivity contribution in [3.8, 4) is 11.5 Å². The first kappa shape index (κ1) is 14.0. The Bertz CT molecular complexity index is 575. The summed E-state index contributed by atoms with van der Waals surface area (Å²) in [6.07, 6.45) is 1.18. The van der Waals surface area contributed by atoms with Crippen molar-refractivity contribution in [3.63, 3.8) is 0 Å². The van der Waals surface area contributed by atoms with Crippen LogP contribution in [-0.2, 0) is 0 Å². The molecule has 1 N–H and O–H groups in total. The van der Waals surface area contributed by atoms with E-state index in [1.807, 2.05) is 42.5 Å². The summed E-state index contributed by atoms with van der Waals surface area (Å²) in [5.41, 5.74) is 1.12. The molecular formula is C18H22N2O. The van der Waals surface area contributed by atoms with Gasteiger partial charge in [0.1, 0.15) is 11.5 Å². The third-order valence-corrected chi connectivity index (χ3v) is 4.07. The van der Waals surface area contributed by atoms with Gasteiger partial charge in [-0.1, -0.05) is 24.3 Å². The molecular weight excluding hydrogens is 260 g/mol. The second-order valence-corrected chi connectivity index (χ2v) is 5.81. The van der Waals surface area contributed by atoms with Crippen molar-refractivity contribution in [2.24, 2.45) is 0 Å². The summed E-state index contributed by atoms with van der Waals surface area (Å²) in [7, 11) is 2.18. The molecule has 3 nitrogen and oxygen atoms in total. The highest BCUT2D eigenvalue weighted by Gasteiger charge is 2.25. The third-order valence-electron chi connectivity index (χ3n) is 4.07. The Kier molecular flexibility index (Phi) is 4.11. The van der Waals surface area contributed by atoms with Crippen molar-refractivity contribution < 1.29 is 4.74 Å². The molecule has 1 saturated heterocycles. The Morgan fingerprint density at radius 1 is 1.05 bits per heavy atom. The number of nitrogens with zero attached hydrogens (tertiary/aromatic N) is 1. The minimum atomic E-state index is 0.511. The molecule has 1 aliphatic heterocycles. The van der Waals surface area contributed by atoms with Crippen LogP contribution in [0.25, 0.3) is 0 Å². The quantitative estimate of drug-likeness (QED) is 0.918. The molecule has 2 atom stereocenters. The predicted octanol–water partition coefficient (Wildman–Crippen LogP) is 3.98. The molecule has 1 fully saturated rings. The number of likely N-dealkylation sites (N-methyl/N-ethyl adjacent to an activating group) is 1. The molecule has 110 valence electrons. The molecule has 0 aromatic heterocycles. The summed E-state index contributed by atoms with van der Waals surface area (Å²) in [5, 5.41) is 3.61. The minimum absolute atomic E-state index is 0.511. The van der Waals surface area contributed by atoms with Crippen LogP contribution >= 0.6 is 0 Å². The first-order valence-electron chi connectivity index (χ1n) is 7.50. The van der Waals surface area contributed by atoms with E-state index in [0.717, 1.165) is 23.7 Å². The zero-order valence-corrected chi connectivity index (χ0v) is 12.6. The number of hydrogen-bond acceptors (Lipinski definition) is 3. The van der Waals surface area contributed by atoms with Crippen molar-refractivity contribution in [2.45, 2.75) is 25.4 Å². The first-order valence-corrected chi connectivity index (χ1v) is 7.50. The fourth-order valence-corrected chi connectivity index (χ4v) is 2.81. The molecule has 1 heterocycles. The Hall–Kier alpha value is -2.00. The van der Waals surface area contributed by atoms with Crippen molar-refractivity contribution in [1.82, 2.24) is 4.90 Å². The maximum Gasteiger partial charge on any atom is 0.129 e. The first-order chi connectivity index (χ1) is 10.2. The monoisotopic (exact) mass is 282 g/mol. The van der Waals surface area contributed by atoms with Crippen LogP contribution < -0.4 is 10.1 Å². The standard InChI is InChI=1S/C18H22N2O/c1-14-11-16(13-20(14)2)19-15-7-6-10-18(12-15)21-17-8-4-3-5-9-17/h3-10,12,14,16,19H,11,13H2,1-2H3. The molecule has 0 amide bonds. The SMILES string of the molecule is CC1CC(Nc2cccc(Oc3ccccc3)c2)CN1C. The number of nitrogens with one attached hydrogen (secondary N) is 1. The van der Waals surface area contributed by atoms with Crippen LogP contribution in [0.1, 0.15) is 13.3 Å². The van der Waals surface area contributed by atoms with E-state index in [-0.39, 0.29) is 0 Å². The zero-order chi connectivity index (χ0) is 14.7. The molecule has 2 unspecified atom stereocenters. The molecule has 0 aliphatic carbocycles. The van der Waals surface area contributed by atoms with Crippen LogP contribution in [0.4, 0.5) is 5.69 Å². The van der Waals surface area contributed by atoms with Gasteiger partial charge in [-0.25, -0.2) is 0 Å². The number of hydrogen-bond donors (Lipinski definition) is 1. The van der Waals surface area contributed by atoms with Gasteiger partial charge in [-0.15, -0.1) is 0 Å². The van der Waals surface area contributed by atoms with Gasteiger partial charge in [0.2, 0.25) is 0 Å². The van der Waals surface area contributed by atoms with Crippen LogP contribution in [0.2, 0.25) is 0 Å². The maximum absolute atomic E-state index is 5.88. The van der Waals surface area contributed by atoms with Crippen molar-refractivity contribution in [3.05, 3.63) is 54.6 Å². The number of ether oxygens (including phenoxy) is 1. The van der Waals surface area contributed by atoms with Crippen molar-refractivity contribution >= 4 is 5.69 Å². The lowest BCUT2D eigenvalue weighted by Crippen LogP contribution is -2.24. The maximum atomic E-state index is 5.88. The fraction of sp³-hybridized carbons (Fsp3) is 0.333. The molecule has 3 heteroatoms. The lowest BCUT2D eigenvalue weighted by Gasteiger charge is -2.15. The smallest absolute Gasteiger partial charge is 0.129 e. The molecule has 0 saturated carbocycles. The summed E-state index contributed by atoms with van der Waals surface area (Å²) in [5.74, 6) is 1.73. The van der Waals surface area contributed by atoms with Gasteiger partial charge in [0.05, 0.1) is 0 Å². The highest BCUT2D eigenvalue weighted by molar-refractivity contribution is 5.50. The van der Waals surface area contributed by atoms with Crippen LogP contribution in [0.5, 0.6) is 11.5 Å². The van der Waals surface area contributed by atoms with E-state index in [4.69, 9.17) is 4.74 Å². The number of benzene rings is 2. The summed E-state index contributed by atoms with van der Waals surface area (Å²) < 4.78 is 5.88. The molecule has 0 spiro atoms. The minimum Gasteiger partial charge on any atom is -0.457 e. The average Bonchev–Trinajstić information content (AvgIpc) is 2.78. The van der Waals surface area contributed by atoms with Gasteiger partial charge < -0.3 is 15.0 Å². The van der Waals surface area contributed by atoms with Gasteiger partial charge in [0.15, 0.2) is 0 Å². The van der Waals surface area contributed by atoms with Gasteiger partial charge in [-0.05, 0) is 44.7 Å². The summed E-state index contributed by atoms with van der Waals surface area (Å²) >= 11 is 0. The number of likely N-dealkylation sites (tertiary alicyclic amines) is 1.